The van der Waals surface area contributed by atoms with Gasteiger partial charge in [-0.25, -0.2) is 4.98 Å². The molecule has 1 heterocycles. The molecule has 0 saturated carbocycles. The maximum atomic E-state index is 4.51. The highest BCUT2D eigenvalue weighted by Crippen LogP contribution is 2.21. The summed E-state index contributed by atoms with van der Waals surface area (Å²) < 4.78 is 0. The summed E-state index contributed by atoms with van der Waals surface area (Å²) in [5.41, 5.74) is 3.68. The van der Waals surface area contributed by atoms with Crippen molar-refractivity contribution < 1.29 is 0 Å². The topological polar surface area (TPSA) is 24.9 Å². The van der Waals surface area contributed by atoms with E-state index >= 15 is 0 Å². The van der Waals surface area contributed by atoms with Crippen LogP contribution in [0.4, 0.5) is 5.69 Å². The molecule has 0 spiro atoms. The van der Waals surface area contributed by atoms with Gasteiger partial charge in [0.15, 0.2) is 0 Å². The van der Waals surface area contributed by atoms with Gasteiger partial charge in [0, 0.05) is 11.1 Å². The molecule has 0 amide bonds. The Morgan fingerprint density at radius 1 is 1.28 bits per heavy atom. The third kappa shape index (κ3) is 3.33. The van der Waals surface area contributed by atoms with Crippen LogP contribution in [0, 0.1) is 6.92 Å². The fraction of sp³-hybridized carbons (Fsp3) is 0.400. The molecular formula is C15H20N2S. The van der Waals surface area contributed by atoms with E-state index in [4.69, 9.17) is 0 Å². The number of rotatable bonds is 5. The van der Waals surface area contributed by atoms with Crippen LogP contribution in [-0.4, -0.2) is 4.98 Å². The zero-order chi connectivity index (χ0) is 13.0. The van der Waals surface area contributed by atoms with Crippen LogP contribution in [0.5, 0.6) is 0 Å². The van der Waals surface area contributed by atoms with Crippen molar-refractivity contribution in [3.8, 4) is 0 Å². The molecule has 0 radical (unpaired) electrons. The lowest BCUT2D eigenvalue weighted by atomic mass is 10.1. The zero-order valence-electron chi connectivity index (χ0n) is 11.2. The molecule has 1 atom stereocenters. The summed E-state index contributed by atoms with van der Waals surface area (Å²) in [6.07, 6.45) is 2.35. The van der Waals surface area contributed by atoms with Crippen LogP contribution in [-0.2, 0) is 6.42 Å². The first kappa shape index (κ1) is 13.1. The minimum absolute atomic E-state index is 0.256. The fourth-order valence-electron chi connectivity index (χ4n) is 1.96. The zero-order valence-corrected chi connectivity index (χ0v) is 12.1. The smallest absolute Gasteiger partial charge is 0.0898 e. The second-order valence-corrected chi connectivity index (χ2v) is 5.67. The minimum Gasteiger partial charge on any atom is -0.377 e. The molecule has 0 aliphatic heterocycles. The second-order valence-electron chi connectivity index (χ2n) is 4.60. The number of thiazole rings is 1. The van der Waals surface area contributed by atoms with E-state index in [1.807, 2.05) is 6.92 Å². The Bertz CT molecular complexity index is 487. The van der Waals surface area contributed by atoms with Crippen LogP contribution in [0.25, 0.3) is 0 Å². The van der Waals surface area contributed by atoms with Crippen LogP contribution < -0.4 is 5.32 Å². The lowest BCUT2D eigenvalue weighted by molar-refractivity contribution is 0.845. The SMILES string of the molecule is CCCc1ccc(NC(C)c2csc(C)n2)cc1. The van der Waals surface area contributed by atoms with Gasteiger partial charge in [-0.2, -0.15) is 0 Å². The number of aromatic nitrogens is 1. The number of aryl methyl sites for hydroxylation is 2. The molecule has 96 valence electrons. The Morgan fingerprint density at radius 3 is 2.56 bits per heavy atom. The molecule has 1 N–H and O–H groups in total. The van der Waals surface area contributed by atoms with Crippen LogP contribution in [0.15, 0.2) is 29.6 Å². The Hall–Kier alpha value is -1.35. The molecule has 2 rings (SSSR count). The first-order chi connectivity index (χ1) is 8.69. The molecule has 0 bridgehead atoms. The summed E-state index contributed by atoms with van der Waals surface area (Å²) in [7, 11) is 0. The molecule has 2 nitrogen and oxygen atoms in total. The molecule has 3 heteroatoms. The lowest BCUT2D eigenvalue weighted by Gasteiger charge is -2.13. The second kappa shape index (κ2) is 6.01. The van der Waals surface area contributed by atoms with Crippen molar-refractivity contribution in [1.29, 1.82) is 0 Å². The predicted octanol–water partition coefficient (Wildman–Crippen LogP) is 4.58. The summed E-state index contributed by atoms with van der Waals surface area (Å²) >= 11 is 1.70. The average Bonchev–Trinajstić information content (AvgIpc) is 2.79. The van der Waals surface area contributed by atoms with E-state index in [1.54, 1.807) is 11.3 Å². The summed E-state index contributed by atoms with van der Waals surface area (Å²) in [5, 5.41) is 6.73. The Kier molecular flexibility index (Phi) is 4.37. The average molecular weight is 260 g/mol. The van der Waals surface area contributed by atoms with Crippen LogP contribution in [0.1, 0.15) is 42.6 Å². The van der Waals surface area contributed by atoms with Crippen molar-refractivity contribution in [2.24, 2.45) is 0 Å². The number of hydrogen-bond acceptors (Lipinski definition) is 3. The number of nitrogens with one attached hydrogen (secondary N) is 1. The molecule has 0 fully saturated rings. The Morgan fingerprint density at radius 2 is 2.00 bits per heavy atom. The van der Waals surface area contributed by atoms with Crippen molar-refractivity contribution in [3.05, 3.63) is 45.9 Å². The molecule has 0 aliphatic rings. The van der Waals surface area contributed by atoms with Crippen molar-refractivity contribution in [3.63, 3.8) is 0 Å². The van der Waals surface area contributed by atoms with E-state index in [1.165, 1.54) is 12.0 Å². The Balaban J connectivity index is 2.00. The molecular weight excluding hydrogens is 240 g/mol. The van der Waals surface area contributed by atoms with Crippen LogP contribution in [0.2, 0.25) is 0 Å². The van der Waals surface area contributed by atoms with Gasteiger partial charge in [0.25, 0.3) is 0 Å². The lowest BCUT2D eigenvalue weighted by Crippen LogP contribution is -2.06. The summed E-state index contributed by atoms with van der Waals surface area (Å²) in [4.78, 5) is 4.51. The quantitative estimate of drug-likeness (QED) is 0.851. The molecule has 0 aliphatic carbocycles. The molecule has 18 heavy (non-hydrogen) atoms. The molecule has 2 aromatic rings. The van der Waals surface area contributed by atoms with Gasteiger partial charge in [-0.3, -0.25) is 0 Å². The third-order valence-corrected chi connectivity index (χ3v) is 3.75. The number of benzene rings is 1. The third-order valence-electron chi connectivity index (χ3n) is 2.96. The van der Waals surface area contributed by atoms with E-state index < -0.39 is 0 Å². The van der Waals surface area contributed by atoms with Gasteiger partial charge in [0.05, 0.1) is 16.7 Å². The normalized spacial score (nSPS) is 12.4. The van der Waals surface area contributed by atoms with Crippen LogP contribution >= 0.6 is 11.3 Å². The number of nitrogens with zero attached hydrogens (tertiary/aromatic N) is 1. The summed E-state index contributed by atoms with van der Waals surface area (Å²) in [6, 6.07) is 8.96. The highest BCUT2D eigenvalue weighted by atomic mass is 32.1. The predicted molar refractivity (Wildman–Crippen MR) is 79.3 cm³/mol. The van der Waals surface area contributed by atoms with Crippen molar-refractivity contribution in [2.45, 2.75) is 39.7 Å². The number of anilines is 1. The maximum Gasteiger partial charge on any atom is 0.0898 e. The Labute approximate surface area is 113 Å². The first-order valence-corrected chi connectivity index (χ1v) is 7.34. The van der Waals surface area contributed by atoms with Crippen molar-refractivity contribution >= 4 is 17.0 Å². The maximum absolute atomic E-state index is 4.51. The highest BCUT2D eigenvalue weighted by Gasteiger charge is 2.08. The minimum atomic E-state index is 0.256. The van der Waals surface area contributed by atoms with Gasteiger partial charge in [0.1, 0.15) is 0 Å². The van der Waals surface area contributed by atoms with Gasteiger partial charge in [-0.05, 0) is 38.0 Å². The standard InChI is InChI=1S/C15H20N2S/c1-4-5-13-6-8-14(9-7-13)16-11(2)15-10-18-12(3)17-15/h6-11,16H,4-5H2,1-3H3. The van der Waals surface area contributed by atoms with Gasteiger partial charge in [-0.15, -0.1) is 11.3 Å². The van der Waals surface area contributed by atoms with E-state index in [9.17, 15) is 0 Å². The molecule has 0 saturated heterocycles. The van der Waals surface area contributed by atoms with Gasteiger partial charge < -0.3 is 5.32 Å². The molecule has 1 unspecified atom stereocenters. The van der Waals surface area contributed by atoms with E-state index in [-0.39, 0.29) is 6.04 Å². The molecule has 1 aromatic heterocycles. The summed E-state index contributed by atoms with van der Waals surface area (Å²) in [6.45, 7) is 6.40. The van der Waals surface area contributed by atoms with Gasteiger partial charge >= 0.3 is 0 Å². The highest BCUT2D eigenvalue weighted by molar-refractivity contribution is 7.09. The fourth-order valence-corrected chi connectivity index (χ4v) is 2.67. The largest absolute Gasteiger partial charge is 0.377 e. The van der Waals surface area contributed by atoms with E-state index in [2.05, 4.69) is 53.8 Å². The first-order valence-electron chi connectivity index (χ1n) is 6.46. The van der Waals surface area contributed by atoms with Gasteiger partial charge in [-0.1, -0.05) is 25.5 Å². The molecule has 1 aromatic carbocycles. The van der Waals surface area contributed by atoms with E-state index in [0.29, 0.717) is 0 Å². The van der Waals surface area contributed by atoms with E-state index in [0.717, 1.165) is 22.8 Å². The monoisotopic (exact) mass is 260 g/mol. The van der Waals surface area contributed by atoms with Crippen LogP contribution in [0.3, 0.4) is 0 Å². The summed E-state index contributed by atoms with van der Waals surface area (Å²) in [5.74, 6) is 0. The van der Waals surface area contributed by atoms with Crippen molar-refractivity contribution in [1.82, 2.24) is 4.98 Å². The van der Waals surface area contributed by atoms with Crippen molar-refractivity contribution in [2.75, 3.05) is 5.32 Å². The number of hydrogen-bond donors (Lipinski definition) is 1. The van der Waals surface area contributed by atoms with Gasteiger partial charge in [0.2, 0.25) is 0 Å².